The SMILES string of the molecule is CCC(C)(C)NC(=O)C(C)NCC1CC(O)C1. The van der Waals surface area contributed by atoms with Crippen molar-refractivity contribution in [1.29, 1.82) is 0 Å². The van der Waals surface area contributed by atoms with E-state index < -0.39 is 0 Å². The fourth-order valence-electron chi connectivity index (χ4n) is 1.83. The first-order chi connectivity index (χ1) is 7.84. The second-order valence-corrected chi connectivity index (χ2v) is 5.85. The second kappa shape index (κ2) is 5.83. The summed E-state index contributed by atoms with van der Waals surface area (Å²) < 4.78 is 0. The van der Waals surface area contributed by atoms with E-state index in [0.29, 0.717) is 5.92 Å². The van der Waals surface area contributed by atoms with E-state index in [2.05, 4.69) is 17.6 Å². The molecular weight excluding hydrogens is 216 g/mol. The van der Waals surface area contributed by atoms with Gasteiger partial charge in [0, 0.05) is 5.54 Å². The summed E-state index contributed by atoms with van der Waals surface area (Å²) in [7, 11) is 0. The van der Waals surface area contributed by atoms with Crippen LogP contribution in [0.25, 0.3) is 0 Å². The Kier molecular flexibility index (Phi) is 4.95. The Hall–Kier alpha value is -0.610. The van der Waals surface area contributed by atoms with Crippen molar-refractivity contribution in [2.75, 3.05) is 6.54 Å². The second-order valence-electron chi connectivity index (χ2n) is 5.85. The van der Waals surface area contributed by atoms with E-state index in [1.165, 1.54) is 0 Å². The standard InChI is InChI=1S/C13H26N2O2/c1-5-13(3,4)15-12(17)9(2)14-8-10-6-11(16)7-10/h9-11,14,16H,5-8H2,1-4H3,(H,15,17). The maximum absolute atomic E-state index is 11.9. The third kappa shape index (κ3) is 4.64. The number of nitrogens with one attached hydrogen (secondary N) is 2. The van der Waals surface area contributed by atoms with Crippen LogP contribution in [0.2, 0.25) is 0 Å². The quantitative estimate of drug-likeness (QED) is 0.652. The van der Waals surface area contributed by atoms with Gasteiger partial charge in [-0.3, -0.25) is 4.79 Å². The van der Waals surface area contributed by atoms with Crippen LogP contribution in [-0.2, 0) is 4.79 Å². The van der Waals surface area contributed by atoms with Crippen LogP contribution in [0, 0.1) is 5.92 Å². The zero-order chi connectivity index (χ0) is 13.1. The molecule has 0 aromatic carbocycles. The lowest BCUT2D eigenvalue weighted by Gasteiger charge is -2.33. The molecule has 0 aromatic heterocycles. The highest BCUT2D eigenvalue weighted by Gasteiger charge is 2.28. The third-order valence-corrected chi connectivity index (χ3v) is 3.66. The molecular formula is C13H26N2O2. The fraction of sp³-hybridized carbons (Fsp3) is 0.923. The Labute approximate surface area is 104 Å². The first-order valence-corrected chi connectivity index (χ1v) is 6.57. The summed E-state index contributed by atoms with van der Waals surface area (Å²) in [5.41, 5.74) is -0.139. The van der Waals surface area contributed by atoms with E-state index in [1.807, 2.05) is 20.8 Å². The number of carbonyl (C=O) groups is 1. The van der Waals surface area contributed by atoms with Gasteiger partial charge < -0.3 is 15.7 Å². The van der Waals surface area contributed by atoms with Crippen LogP contribution in [0.15, 0.2) is 0 Å². The molecule has 0 saturated heterocycles. The Balaban J connectivity index is 2.22. The van der Waals surface area contributed by atoms with E-state index in [4.69, 9.17) is 0 Å². The number of aliphatic hydroxyl groups excluding tert-OH is 1. The van der Waals surface area contributed by atoms with Crippen molar-refractivity contribution in [3.63, 3.8) is 0 Å². The maximum Gasteiger partial charge on any atom is 0.237 e. The molecule has 0 aliphatic heterocycles. The molecule has 3 N–H and O–H groups in total. The zero-order valence-corrected chi connectivity index (χ0v) is 11.4. The smallest absolute Gasteiger partial charge is 0.237 e. The summed E-state index contributed by atoms with van der Waals surface area (Å²) in [5, 5.41) is 15.4. The van der Waals surface area contributed by atoms with Gasteiger partial charge in [-0.1, -0.05) is 6.92 Å². The predicted molar refractivity (Wildman–Crippen MR) is 68.7 cm³/mol. The molecule has 0 heterocycles. The van der Waals surface area contributed by atoms with E-state index >= 15 is 0 Å². The third-order valence-electron chi connectivity index (χ3n) is 3.66. The Bertz CT molecular complexity index is 260. The molecule has 1 fully saturated rings. The summed E-state index contributed by atoms with van der Waals surface area (Å²) in [6, 6.07) is -0.168. The molecule has 0 bridgehead atoms. The molecule has 1 unspecified atom stereocenters. The van der Waals surface area contributed by atoms with E-state index in [9.17, 15) is 9.90 Å². The molecule has 1 amide bonds. The van der Waals surface area contributed by atoms with Gasteiger partial charge in [-0.2, -0.15) is 0 Å². The van der Waals surface area contributed by atoms with Crippen LogP contribution >= 0.6 is 0 Å². The lowest BCUT2D eigenvalue weighted by atomic mass is 9.82. The molecule has 1 saturated carbocycles. The average molecular weight is 242 g/mol. The maximum atomic E-state index is 11.9. The van der Waals surface area contributed by atoms with Gasteiger partial charge in [-0.15, -0.1) is 0 Å². The molecule has 0 spiro atoms. The summed E-state index contributed by atoms with van der Waals surface area (Å²) in [5.74, 6) is 0.580. The molecule has 0 aromatic rings. The molecule has 4 nitrogen and oxygen atoms in total. The van der Waals surface area contributed by atoms with Crippen LogP contribution in [0.4, 0.5) is 0 Å². The Morgan fingerprint density at radius 1 is 1.47 bits per heavy atom. The van der Waals surface area contributed by atoms with Gasteiger partial charge in [-0.05, 0) is 52.5 Å². The number of hydrogen-bond donors (Lipinski definition) is 3. The van der Waals surface area contributed by atoms with Gasteiger partial charge in [-0.25, -0.2) is 0 Å². The molecule has 1 aliphatic carbocycles. The fourth-order valence-corrected chi connectivity index (χ4v) is 1.83. The normalized spacial score (nSPS) is 26.2. The van der Waals surface area contributed by atoms with Gasteiger partial charge in [0.05, 0.1) is 12.1 Å². The molecule has 1 aliphatic rings. The van der Waals surface area contributed by atoms with Crippen molar-refractivity contribution in [2.45, 2.75) is 64.6 Å². The molecule has 4 heteroatoms. The Morgan fingerprint density at radius 2 is 2.06 bits per heavy atom. The van der Waals surface area contributed by atoms with Gasteiger partial charge >= 0.3 is 0 Å². The van der Waals surface area contributed by atoms with E-state index in [-0.39, 0.29) is 23.6 Å². The van der Waals surface area contributed by atoms with Crippen molar-refractivity contribution in [3.8, 4) is 0 Å². The number of hydrogen-bond acceptors (Lipinski definition) is 3. The highest BCUT2D eigenvalue weighted by Crippen LogP contribution is 2.26. The average Bonchev–Trinajstić information content (AvgIpc) is 2.21. The predicted octanol–water partition coefficient (Wildman–Crippen LogP) is 1.04. The van der Waals surface area contributed by atoms with Crippen molar-refractivity contribution in [3.05, 3.63) is 0 Å². The summed E-state index contributed by atoms with van der Waals surface area (Å²) in [6.07, 6.45) is 2.52. The van der Waals surface area contributed by atoms with Crippen LogP contribution in [0.5, 0.6) is 0 Å². The van der Waals surface area contributed by atoms with Crippen LogP contribution in [-0.4, -0.2) is 35.2 Å². The largest absolute Gasteiger partial charge is 0.393 e. The van der Waals surface area contributed by atoms with Gasteiger partial charge in [0.25, 0.3) is 0 Å². The van der Waals surface area contributed by atoms with E-state index in [1.54, 1.807) is 0 Å². The highest BCUT2D eigenvalue weighted by atomic mass is 16.3. The minimum Gasteiger partial charge on any atom is -0.393 e. The number of aliphatic hydroxyl groups is 1. The first-order valence-electron chi connectivity index (χ1n) is 6.57. The van der Waals surface area contributed by atoms with Gasteiger partial charge in [0.1, 0.15) is 0 Å². The monoisotopic (exact) mass is 242 g/mol. The number of carbonyl (C=O) groups excluding carboxylic acids is 1. The topological polar surface area (TPSA) is 61.4 Å². The first kappa shape index (κ1) is 14.5. The number of rotatable bonds is 6. The molecule has 0 radical (unpaired) electrons. The lowest BCUT2D eigenvalue weighted by Crippen LogP contribution is -2.52. The van der Waals surface area contributed by atoms with Crippen molar-refractivity contribution in [1.82, 2.24) is 10.6 Å². The van der Waals surface area contributed by atoms with Crippen molar-refractivity contribution >= 4 is 5.91 Å². The lowest BCUT2D eigenvalue weighted by molar-refractivity contribution is -0.124. The summed E-state index contributed by atoms with van der Waals surface area (Å²) >= 11 is 0. The van der Waals surface area contributed by atoms with Crippen LogP contribution in [0.1, 0.15) is 47.0 Å². The molecule has 1 rings (SSSR count). The van der Waals surface area contributed by atoms with Gasteiger partial charge in [0.2, 0.25) is 5.91 Å². The molecule has 17 heavy (non-hydrogen) atoms. The van der Waals surface area contributed by atoms with Gasteiger partial charge in [0.15, 0.2) is 0 Å². The molecule has 1 atom stereocenters. The minimum absolute atomic E-state index is 0.0525. The van der Waals surface area contributed by atoms with Crippen molar-refractivity contribution in [2.24, 2.45) is 5.92 Å². The molecule has 100 valence electrons. The van der Waals surface area contributed by atoms with Crippen LogP contribution in [0.3, 0.4) is 0 Å². The number of amides is 1. The highest BCUT2D eigenvalue weighted by molar-refractivity contribution is 5.81. The van der Waals surface area contributed by atoms with E-state index in [0.717, 1.165) is 25.8 Å². The zero-order valence-electron chi connectivity index (χ0n) is 11.4. The van der Waals surface area contributed by atoms with Crippen LogP contribution < -0.4 is 10.6 Å². The summed E-state index contributed by atoms with van der Waals surface area (Å²) in [4.78, 5) is 11.9. The minimum atomic E-state index is -0.168. The summed E-state index contributed by atoms with van der Waals surface area (Å²) in [6.45, 7) is 8.82. The van der Waals surface area contributed by atoms with Crippen molar-refractivity contribution < 1.29 is 9.90 Å². The Morgan fingerprint density at radius 3 is 2.53 bits per heavy atom.